The highest BCUT2D eigenvalue weighted by Gasteiger charge is 2.26. The first-order valence-electron chi connectivity index (χ1n) is 8.47. The second-order valence-electron chi connectivity index (χ2n) is 6.65. The van der Waals surface area contributed by atoms with Crippen LogP contribution >= 0.6 is 0 Å². The summed E-state index contributed by atoms with van der Waals surface area (Å²) in [5.41, 5.74) is 1.99. The number of hydrogen-bond donors (Lipinski definition) is 0. The highest BCUT2D eigenvalue weighted by atomic mass is 19.1. The topological polar surface area (TPSA) is 50.1 Å². The molecule has 0 bridgehead atoms. The van der Waals surface area contributed by atoms with Gasteiger partial charge in [-0.3, -0.25) is 9.58 Å². The molecule has 0 aliphatic carbocycles. The molecule has 1 aliphatic heterocycles. The van der Waals surface area contributed by atoms with Gasteiger partial charge in [0, 0.05) is 56.4 Å². The molecule has 6 nitrogen and oxygen atoms in total. The second kappa shape index (κ2) is 6.40. The standard InChI is InChI=1S/C18H21FN6/c1-13-9-25(6-5-24(13)11-14-8-22-23(2)10-14)18-16-7-15(19)3-4-17(16)20-12-21-18/h3-4,7-8,10,12-13H,5-6,9,11H2,1-2H3. The average molecular weight is 340 g/mol. The van der Waals surface area contributed by atoms with Gasteiger partial charge in [0.15, 0.2) is 0 Å². The van der Waals surface area contributed by atoms with Crippen LogP contribution in [0.2, 0.25) is 0 Å². The summed E-state index contributed by atoms with van der Waals surface area (Å²) in [5.74, 6) is 0.559. The van der Waals surface area contributed by atoms with Crippen molar-refractivity contribution in [3.63, 3.8) is 0 Å². The lowest BCUT2D eigenvalue weighted by atomic mass is 10.1. The molecular formula is C18H21FN6. The molecule has 1 unspecified atom stereocenters. The Bertz CT molecular complexity index is 892. The van der Waals surface area contributed by atoms with E-state index in [0.29, 0.717) is 6.04 Å². The molecule has 130 valence electrons. The number of anilines is 1. The summed E-state index contributed by atoms with van der Waals surface area (Å²) in [4.78, 5) is 13.4. The number of piperazine rings is 1. The Kier molecular flexibility index (Phi) is 4.09. The van der Waals surface area contributed by atoms with Crippen molar-refractivity contribution in [1.82, 2.24) is 24.6 Å². The lowest BCUT2D eigenvalue weighted by Crippen LogP contribution is -2.51. The zero-order valence-corrected chi connectivity index (χ0v) is 14.4. The molecule has 0 saturated carbocycles. The smallest absolute Gasteiger partial charge is 0.140 e. The molecule has 1 fully saturated rings. The summed E-state index contributed by atoms with van der Waals surface area (Å²) in [6.07, 6.45) is 5.53. The van der Waals surface area contributed by atoms with E-state index in [0.717, 1.165) is 42.9 Å². The molecule has 3 aromatic rings. The van der Waals surface area contributed by atoms with Crippen molar-refractivity contribution in [1.29, 1.82) is 0 Å². The van der Waals surface area contributed by atoms with Gasteiger partial charge in [0.1, 0.15) is 18.0 Å². The zero-order valence-electron chi connectivity index (χ0n) is 14.4. The molecule has 0 N–H and O–H groups in total. The molecule has 1 aliphatic rings. The van der Waals surface area contributed by atoms with E-state index in [1.807, 2.05) is 17.9 Å². The van der Waals surface area contributed by atoms with Crippen LogP contribution in [0.4, 0.5) is 10.2 Å². The van der Waals surface area contributed by atoms with Crippen molar-refractivity contribution in [2.45, 2.75) is 19.5 Å². The third-order valence-electron chi connectivity index (χ3n) is 4.78. The van der Waals surface area contributed by atoms with Crippen LogP contribution in [-0.2, 0) is 13.6 Å². The Morgan fingerprint density at radius 2 is 2.12 bits per heavy atom. The Hall–Kier alpha value is -2.54. The first-order chi connectivity index (χ1) is 12.1. The van der Waals surface area contributed by atoms with E-state index in [9.17, 15) is 4.39 Å². The molecule has 1 atom stereocenters. The van der Waals surface area contributed by atoms with Crippen molar-refractivity contribution in [3.8, 4) is 0 Å². The average Bonchev–Trinajstić information content (AvgIpc) is 3.01. The van der Waals surface area contributed by atoms with Gasteiger partial charge in [-0.25, -0.2) is 14.4 Å². The molecule has 0 spiro atoms. The molecule has 7 heteroatoms. The summed E-state index contributed by atoms with van der Waals surface area (Å²) in [7, 11) is 1.93. The number of halogens is 1. The Balaban J connectivity index is 1.53. The quantitative estimate of drug-likeness (QED) is 0.732. The molecule has 3 heterocycles. The van der Waals surface area contributed by atoms with E-state index in [2.05, 4.69) is 38.0 Å². The molecule has 25 heavy (non-hydrogen) atoms. The van der Waals surface area contributed by atoms with Crippen LogP contribution in [0.3, 0.4) is 0 Å². The zero-order chi connectivity index (χ0) is 17.4. The van der Waals surface area contributed by atoms with Crippen molar-refractivity contribution < 1.29 is 4.39 Å². The summed E-state index contributed by atoms with van der Waals surface area (Å²) in [6.45, 7) is 5.74. The Morgan fingerprint density at radius 1 is 1.24 bits per heavy atom. The third-order valence-corrected chi connectivity index (χ3v) is 4.78. The van der Waals surface area contributed by atoms with Gasteiger partial charge in [-0.05, 0) is 25.1 Å². The fourth-order valence-corrected chi connectivity index (χ4v) is 3.48. The van der Waals surface area contributed by atoms with Gasteiger partial charge in [0.25, 0.3) is 0 Å². The minimum atomic E-state index is -0.258. The molecule has 4 rings (SSSR count). The monoisotopic (exact) mass is 340 g/mol. The lowest BCUT2D eigenvalue weighted by molar-refractivity contribution is 0.180. The van der Waals surface area contributed by atoms with Crippen molar-refractivity contribution in [2.24, 2.45) is 7.05 Å². The van der Waals surface area contributed by atoms with E-state index >= 15 is 0 Å². The van der Waals surface area contributed by atoms with Crippen LogP contribution in [0.5, 0.6) is 0 Å². The fourth-order valence-electron chi connectivity index (χ4n) is 3.48. The van der Waals surface area contributed by atoms with Crippen LogP contribution in [0, 0.1) is 5.82 Å². The van der Waals surface area contributed by atoms with Crippen LogP contribution in [0.1, 0.15) is 12.5 Å². The largest absolute Gasteiger partial charge is 0.353 e. The van der Waals surface area contributed by atoms with Crippen LogP contribution in [0.25, 0.3) is 10.9 Å². The van der Waals surface area contributed by atoms with E-state index in [1.165, 1.54) is 17.7 Å². The third kappa shape index (κ3) is 3.19. The van der Waals surface area contributed by atoms with Crippen molar-refractivity contribution in [2.75, 3.05) is 24.5 Å². The number of aromatic nitrogens is 4. The molecular weight excluding hydrogens is 319 g/mol. The van der Waals surface area contributed by atoms with Crippen LogP contribution in [0.15, 0.2) is 36.9 Å². The summed E-state index contributed by atoms with van der Waals surface area (Å²) < 4.78 is 15.5. The lowest BCUT2D eigenvalue weighted by Gasteiger charge is -2.40. The first kappa shape index (κ1) is 16.0. The maximum Gasteiger partial charge on any atom is 0.140 e. The predicted octanol–water partition coefficient (Wildman–Crippen LogP) is 2.21. The van der Waals surface area contributed by atoms with Crippen molar-refractivity contribution >= 4 is 16.7 Å². The number of hydrogen-bond acceptors (Lipinski definition) is 5. The van der Waals surface area contributed by atoms with Gasteiger partial charge in [-0.2, -0.15) is 5.10 Å². The Morgan fingerprint density at radius 3 is 2.88 bits per heavy atom. The highest BCUT2D eigenvalue weighted by Crippen LogP contribution is 2.26. The first-order valence-corrected chi connectivity index (χ1v) is 8.47. The minimum Gasteiger partial charge on any atom is -0.353 e. The number of benzene rings is 1. The molecule has 0 radical (unpaired) electrons. The normalized spacial score (nSPS) is 18.8. The fraction of sp³-hybridized carbons (Fsp3) is 0.389. The summed E-state index contributed by atoms with van der Waals surface area (Å²) in [6, 6.07) is 5.04. The second-order valence-corrected chi connectivity index (χ2v) is 6.65. The number of fused-ring (bicyclic) bond motifs is 1. The van der Waals surface area contributed by atoms with Gasteiger partial charge in [-0.1, -0.05) is 0 Å². The van der Waals surface area contributed by atoms with E-state index < -0.39 is 0 Å². The molecule has 2 aromatic heterocycles. The summed E-state index contributed by atoms with van der Waals surface area (Å²) in [5, 5.41) is 5.01. The van der Waals surface area contributed by atoms with E-state index in [1.54, 1.807) is 12.4 Å². The number of aryl methyl sites for hydroxylation is 1. The number of nitrogens with zero attached hydrogens (tertiary/aromatic N) is 6. The SMILES string of the molecule is CC1CN(c2ncnc3ccc(F)cc23)CCN1Cc1cnn(C)c1. The van der Waals surface area contributed by atoms with Gasteiger partial charge < -0.3 is 4.90 Å². The minimum absolute atomic E-state index is 0.258. The van der Waals surface area contributed by atoms with Gasteiger partial charge in [0.2, 0.25) is 0 Å². The molecule has 0 amide bonds. The van der Waals surface area contributed by atoms with E-state index in [4.69, 9.17) is 0 Å². The van der Waals surface area contributed by atoms with Gasteiger partial charge in [0.05, 0.1) is 11.7 Å². The maximum atomic E-state index is 13.7. The van der Waals surface area contributed by atoms with Crippen LogP contribution < -0.4 is 4.90 Å². The van der Waals surface area contributed by atoms with E-state index in [-0.39, 0.29) is 5.82 Å². The maximum absolute atomic E-state index is 13.7. The molecule has 1 aromatic carbocycles. The highest BCUT2D eigenvalue weighted by molar-refractivity contribution is 5.89. The van der Waals surface area contributed by atoms with Gasteiger partial charge in [-0.15, -0.1) is 0 Å². The van der Waals surface area contributed by atoms with Crippen molar-refractivity contribution in [3.05, 3.63) is 48.3 Å². The molecule has 1 saturated heterocycles. The summed E-state index contributed by atoms with van der Waals surface area (Å²) >= 11 is 0. The Labute approximate surface area is 145 Å². The van der Waals surface area contributed by atoms with Gasteiger partial charge >= 0.3 is 0 Å². The predicted molar refractivity (Wildman–Crippen MR) is 94.8 cm³/mol. The number of rotatable bonds is 3. The van der Waals surface area contributed by atoms with Crippen LogP contribution in [-0.4, -0.2) is 50.3 Å².